The van der Waals surface area contributed by atoms with Crippen molar-refractivity contribution in [1.82, 2.24) is 15.1 Å². The molecule has 0 aliphatic heterocycles. The van der Waals surface area contributed by atoms with Crippen molar-refractivity contribution in [2.75, 3.05) is 20.8 Å². The van der Waals surface area contributed by atoms with Crippen LogP contribution in [0, 0.1) is 0 Å². The summed E-state index contributed by atoms with van der Waals surface area (Å²) in [5, 5.41) is 6.54. The summed E-state index contributed by atoms with van der Waals surface area (Å²) in [6, 6.07) is -0.456. The van der Waals surface area contributed by atoms with E-state index in [1.54, 1.807) is 31.5 Å². The van der Waals surface area contributed by atoms with Gasteiger partial charge in [-0.15, -0.1) is 0 Å². The highest BCUT2D eigenvalue weighted by Crippen LogP contribution is 2.04. The number of nitrogens with one attached hydrogen (secondary N) is 1. The Hall–Kier alpha value is -1.40. The molecule has 1 atom stereocenters. The lowest BCUT2D eigenvalue weighted by Crippen LogP contribution is -2.41. The lowest BCUT2D eigenvalue weighted by atomic mass is 10.1. The Labute approximate surface area is 101 Å². The molecule has 0 aromatic carbocycles. The number of aromatic nitrogens is 2. The van der Waals surface area contributed by atoms with E-state index in [0.717, 1.165) is 12.0 Å². The molecule has 1 aromatic rings. The minimum absolute atomic E-state index is 0.0534. The monoisotopic (exact) mass is 240 g/mol. The summed E-state index contributed by atoms with van der Waals surface area (Å²) in [6.45, 7) is 1.15. The van der Waals surface area contributed by atoms with E-state index in [2.05, 4.69) is 10.2 Å². The molecule has 1 rings (SSSR count). The molecule has 1 aromatic heterocycles. The number of hydrogen-bond acceptors (Lipinski definition) is 4. The summed E-state index contributed by atoms with van der Waals surface area (Å²) in [5.41, 5.74) is 6.78. The van der Waals surface area contributed by atoms with E-state index in [9.17, 15) is 4.79 Å². The van der Waals surface area contributed by atoms with Crippen molar-refractivity contribution < 1.29 is 9.53 Å². The van der Waals surface area contributed by atoms with Gasteiger partial charge in [0.2, 0.25) is 5.91 Å². The van der Waals surface area contributed by atoms with Crippen LogP contribution in [0.3, 0.4) is 0 Å². The molecule has 0 bridgehead atoms. The first-order valence-electron chi connectivity index (χ1n) is 5.62. The van der Waals surface area contributed by atoms with Gasteiger partial charge in [0, 0.05) is 39.1 Å². The fourth-order valence-corrected chi connectivity index (χ4v) is 1.57. The third-order valence-electron chi connectivity index (χ3n) is 2.53. The number of carbonyl (C=O) groups excluding carboxylic acids is 1. The number of H-pyrrole nitrogens is 1. The molecule has 0 aliphatic rings. The number of nitrogens with zero attached hydrogens (tertiary/aromatic N) is 2. The van der Waals surface area contributed by atoms with Gasteiger partial charge in [0.1, 0.15) is 0 Å². The molecule has 6 nitrogen and oxygen atoms in total. The summed E-state index contributed by atoms with van der Waals surface area (Å²) < 4.78 is 4.92. The van der Waals surface area contributed by atoms with E-state index in [-0.39, 0.29) is 5.91 Å². The molecule has 6 heteroatoms. The summed E-state index contributed by atoms with van der Waals surface area (Å²) in [4.78, 5) is 13.5. The molecule has 0 spiro atoms. The zero-order valence-electron chi connectivity index (χ0n) is 10.3. The van der Waals surface area contributed by atoms with Gasteiger partial charge in [-0.3, -0.25) is 9.89 Å². The van der Waals surface area contributed by atoms with Gasteiger partial charge in [-0.1, -0.05) is 0 Å². The number of nitrogens with two attached hydrogens (primary N) is 1. The summed E-state index contributed by atoms with van der Waals surface area (Å²) in [7, 11) is 3.38. The molecular weight excluding hydrogens is 220 g/mol. The number of hydrogen-bond donors (Lipinski definition) is 2. The Morgan fingerprint density at radius 1 is 1.71 bits per heavy atom. The van der Waals surface area contributed by atoms with Crippen molar-refractivity contribution in [3.63, 3.8) is 0 Å². The molecule has 0 radical (unpaired) electrons. The van der Waals surface area contributed by atoms with Crippen molar-refractivity contribution in [3.05, 3.63) is 18.0 Å². The van der Waals surface area contributed by atoms with Crippen molar-refractivity contribution in [3.8, 4) is 0 Å². The molecule has 1 unspecified atom stereocenters. The van der Waals surface area contributed by atoms with Crippen LogP contribution in [0.5, 0.6) is 0 Å². The van der Waals surface area contributed by atoms with Crippen LogP contribution < -0.4 is 5.73 Å². The van der Waals surface area contributed by atoms with Gasteiger partial charge in [-0.2, -0.15) is 5.10 Å². The number of rotatable bonds is 7. The number of methoxy groups -OCH3 is 1. The van der Waals surface area contributed by atoms with E-state index in [1.165, 1.54) is 0 Å². The highest BCUT2D eigenvalue weighted by atomic mass is 16.5. The van der Waals surface area contributed by atoms with Crippen LogP contribution in [0.4, 0.5) is 0 Å². The van der Waals surface area contributed by atoms with Gasteiger partial charge in [0.25, 0.3) is 0 Å². The topological polar surface area (TPSA) is 84.2 Å². The van der Waals surface area contributed by atoms with Crippen LogP contribution in [-0.2, 0) is 16.1 Å². The van der Waals surface area contributed by atoms with Crippen molar-refractivity contribution in [2.24, 2.45) is 5.73 Å². The SMILES string of the molecule is COCCCC(N)C(=O)N(C)Cc1cn[nH]c1. The molecule has 96 valence electrons. The van der Waals surface area contributed by atoms with Crippen LogP contribution in [0.15, 0.2) is 12.4 Å². The first-order valence-corrected chi connectivity index (χ1v) is 5.62. The Morgan fingerprint density at radius 2 is 2.47 bits per heavy atom. The zero-order valence-corrected chi connectivity index (χ0v) is 10.3. The number of aromatic amines is 1. The predicted molar refractivity (Wildman–Crippen MR) is 64.1 cm³/mol. The first kappa shape index (κ1) is 13.7. The Kier molecular flexibility index (Phi) is 5.65. The average molecular weight is 240 g/mol. The average Bonchev–Trinajstić information content (AvgIpc) is 2.81. The number of ether oxygens (including phenoxy) is 1. The largest absolute Gasteiger partial charge is 0.385 e. The maximum Gasteiger partial charge on any atom is 0.239 e. The highest BCUT2D eigenvalue weighted by Gasteiger charge is 2.17. The summed E-state index contributed by atoms with van der Waals surface area (Å²) >= 11 is 0. The minimum Gasteiger partial charge on any atom is -0.385 e. The number of amides is 1. The second-order valence-electron chi connectivity index (χ2n) is 4.04. The molecule has 0 aliphatic carbocycles. The van der Waals surface area contributed by atoms with Crippen molar-refractivity contribution >= 4 is 5.91 Å². The quantitative estimate of drug-likeness (QED) is 0.663. The Morgan fingerprint density at radius 3 is 3.06 bits per heavy atom. The van der Waals surface area contributed by atoms with Gasteiger partial charge in [0.05, 0.1) is 12.2 Å². The second-order valence-corrected chi connectivity index (χ2v) is 4.04. The third kappa shape index (κ3) is 4.54. The van der Waals surface area contributed by atoms with Crippen LogP contribution in [0.1, 0.15) is 18.4 Å². The predicted octanol–water partition coefficient (Wildman–Crippen LogP) is 0.122. The number of likely N-dealkylation sites (N-methyl/N-ethyl adjacent to an activating group) is 1. The minimum atomic E-state index is -0.456. The maximum atomic E-state index is 11.9. The smallest absolute Gasteiger partial charge is 0.239 e. The van der Waals surface area contributed by atoms with E-state index >= 15 is 0 Å². The maximum absolute atomic E-state index is 11.9. The fraction of sp³-hybridized carbons (Fsp3) is 0.636. The van der Waals surface area contributed by atoms with Crippen molar-refractivity contribution in [2.45, 2.75) is 25.4 Å². The molecule has 17 heavy (non-hydrogen) atoms. The molecule has 0 fully saturated rings. The van der Waals surface area contributed by atoms with E-state index in [1.807, 2.05) is 0 Å². The van der Waals surface area contributed by atoms with Crippen LogP contribution in [-0.4, -0.2) is 47.8 Å². The molecule has 0 saturated carbocycles. The zero-order chi connectivity index (χ0) is 12.7. The van der Waals surface area contributed by atoms with Gasteiger partial charge in [-0.25, -0.2) is 0 Å². The van der Waals surface area contributed by atoms with Gasteiger partial charge < -0.3 is 15.4 Å². The van der Waals surface area contributed by atoms with Gasteiger partial charge in [-0.05, 0) is 12.8 Å². The normalized spacial score (nSPS) is 12.4. The van der Waals surface area contributed by atoms with Crippen LogP contribution >= 0.6 is 0 Å². The van der Waals surface area contributed by atoms with E-state index < -0.39 is 6.04 Å². The second kappa shape index (κ2) is 7.03. The standard InChI is InChI=1S/C11H20N4O2/c1-15(8-9-6-13-14-7-9)11(16)10(12)4-3-5-17-2/h6-7,10H,3-5,8,12H2,1-2H3,(H,13,14). The van der Waals surface area contributed by atoms with Gasteiger partial charge >= 0.3 is 0 Å². The lowest BCUT2D eigenvalue weighted by molar-refractivity contribution is -0.132. The highest BCUT2D eigenvalue weighted by molar-refractivity contribution is 5.81. The lowest BCUT2D eigenvalue weighted by Gasteiger charge is -2.20. The van der Waals surface area contributed by atoms with Crippen molar-refractivity contribution in [1.29, 1.82) is 0 Å². The summed E-state index contributed by atoms with van der Waals surface area (Å²) in [5.74, 6) is -0.0534. The summed E-state index contributed by atoms with van der Waals surface area (Å²) in [6.07, 6.45) is 4.89. The van der Waals surface area contributed by atoms with E-state index in [4.69, 9.17) is 10.5 Å². The van der Waals surface area contributed by atoms with Crippen LogP contribution in [0.25, 0.3) is 0 Å². The molecule has 1 heterocycles. The fourth-order valence-electron chi connectivity index (χ4n) is 1.57. The molecular formula is C11H20N4O2. The Bertz CT molecular complexity index is 326. The van der Waals surface area contributed by atoms with Gasteiger partial charge in [0.15, 0.2) is 0 Å². The molecule has 3 N–H and O–H groups in total. The van der Waals surface area contributed by atoms with E-state index in [0.29, 0.717) is 19.6 Å². The third-order valence-corrected chi connectivity index (χ3v) is 2.53. The number of carbonyl (C=O) groups is 1. The van der Waals surface area contributed by atoms with Crippen LogP contribution in [0.2, 0.25) is 0 Å². The Balaban J connectivity index is 2.35. The first-order chi connectivity index (χ1) is 8.15. The molecule has 0 saturated heterocycles. The molecule has 1 amide bonds.